The van der Waals surface area contributed by atoms with Gasteiger partial charge in [0.05, 0.1) is 38.8 Å². The van der Waals surface area contributed by atoms with Gasteiger partial charge in [0.2, 0.25) is 0 Å². The zero-order valence-corrected chi connectivity index (χ0v) is 20.8. The molecule has 184 valence electrons. The van der Waals surface area contributed by atoms with Gasteiger partial charge in [-0.05, 0) is 12.8 Å². The van der Waals surface area contributed by atoms with Crippen LogP contribution < -0.4 is 0 Å². The normalized spacial score (nSPS) is 12.3. The van der Waals surface area contributed by atoms with Crippen LogP contribution in [0.2, 0.25) is 0 Å². The Balaban J connectivity index is 1.56. The van der Waals surface area contributed by atoms with Crippen LogP contribution in [0.25, 0.3) is 0 Å². The Morgan fingerprint density at radius 1 is 0.788 bits per heavy atom. The number of aromatic nitrogens is 6. The highest BCUT2D eigenvalue weighted by atomic mass is 16.5. The number of Topliss-reactive ketones (excluding diaryl/α,β-unsaturated/α-hetero) is 2. The molecule has 2 heterocycles. The molecule has 0 amide bonds. The first-order chi connectivity index (χ1) is 15.4. The molecule has 0 unspecified atom stereocenters. The van der Waals surface area contributed by atoms with E-state index in [0.717, 1.165) is 25.1 Å². The van der Waals surface area contributed by atoms with Crippen molar-refractivity contribution in [2.45, 2.75) is 87.1 Å². The van der Waals surface area contributed by atoms with Crippen LogP contribution in [0.1, 0.15) is 72.2 Å². The molecule has 2 aromatic heterocycles. The van der Waals surface area contributed by atoms with Gasteiger partial charge in [0.1, 0.15) is 23.7 Å². The largest absolute Gasteiger partial charge is 0.373 e. The molecule has 33 heavy (non-hydrogen) atoms. The Morgan fingerprint density at radius 3 is 1.85 bits per heavy atom. The van der Waals surface area contributed by atoms with Gasteiger partial charge in [0, 0.05) is 23.8 Å². The van der Waals surface area contributed by atoms with Crippen LogP contribution in [-0.4, -0.2) is 54.8 Å². The first kappa shape index (κ1) is 26.8. The van der Waals surface area contributed by atoms with Crippen molar-refractivity contribution in [1.29, 1.82) is 0 Å². The van der Waals surface area contributed by atoms with Crippen molar-refractivity contribution >= 4 is 11.6 Å². The summed E-state index contributed by atoms with van der Waals surface area (Å²) in [5.74, 6) is 0.387. The maximum Gasteiger partial charge on any atom is 0.159 e. The van der Waals surface area contributed by atoms with E-state index in [9.17, 15) is 9.59 Å². The lowest BCUT2D eigenvalue weighted by Gasteiger charge is -2.15. The number of ketones is 2. The number of hydrogen-bond acceptors (Lipinski definition) is 8. The van der Waals surface area contributed by atoms with Gasteiger partial charge < -0.3 is 9.47 Å². The number of hydrogen-bond donors (Lipinski definition) is 0. The SMILES string of the molecule is CC(C)(C)C(=O)CCCCn1cc(COCCOCc2cn(CC(=O)C(C)(C)C)nn2)nn1. The third-order valence-corrected chi connectivity index (χ3v) is 5.06. The molecule has 0 fully saturated rings. The molecule has 0 saturated carbocycles. The molecule has 0 aromatic carbocycles. The van der Waals surface area contributed by atoms with E-state index in [4.69, 9.17) is 9.47 Å². The van der Waals surface area contributed by atoms with E-state index in [0.29, 0.717) is 38.5 Å². The zero-order valence-electron chi connectivity index (χ0n) is 20.8. The van der Waals surface area contributed by atoms with E-state index in [2.05, 4.69) is 20.6 Å². The number of carbonyl (C=O) groups is 2. The van der Waals surface area contributed by atoms with Crippen molar-refractivity contribution in [3.8, 4) is 0 Å². The smallest absolute Gasteiger partial charge is 0.159 e. The Labute approximate surface area is 196 Å². The van der Waals surface area contributed by atoms with Crippen LogP contribution in [-0.2, 0) is 45.4 Å². The predicted octanol–water partition coefficient (Wildman–Crippen LogP) is 3.00. The molecule has 0 aliphatic rings. The van der Waals surface area contributed by atoms with E-state index in [1.54, 1.807) is 10.9 Å². The third kappa shape index (κ3) is 9.91. The van der Waals surface area contributed by atoms with Crippen molar-refractivity contribution in [3.63, 3.8) is 0 Å². The standard InChI is InChI=1S/C23H38N6O4/c1-22(2,3)20(30)9-7-8-10-28-13-18(24-26-28)16-32-11-12-33-17-19-14-29(27-25-19)15-21(31)23(4,5)6/h13-14H,7-12,15-17H2,1-6H3. The van der Waals surface area contributed by atoms with E-state index in [-0.39, 0.29) is 23.5 Å². The van der Waals surface area contributed by atoms with Crippen molar-refractivity contribution in [3.05, 3.63) is 23.8 Å². The number of carbonyl (C=O) groups excluding carboxylic acids is 2. The second-order valence-electron chi connectivity index (χ2n) is 10.3. The summed E-state index contributed by atoms with van der Waals surface area (Å²) >= 11 is 0. The molecule has 0 radical (unpaired) electrons. The van der Waals surface area contributed by atoms with Crippen molar-refractivity contribution in [2.24, 2.45) is 10.8 Å². The van der Waals surface area contributed by atoms with Gasteiger partial charge in [0.25, 0.3) is 0 Å². The van der Waals surface area contributed by atoms with Gasteiger partial charge in [-0.3, -0.25) is 14.3 Å². The van der Waals surface area contributed by atoms with Crippen LogP contribution in [0.4, 0.5) is 0 Å². The van der Waals surface area contributed by atoms with Crippen LogP contribution >= 0.6 is 0 Å². The maximum absolute atomic E-state index is 12.1. The van der Waals surface area contributed by atoms with Crippen molar-refractivity contribution in [2.75, 3.05) is 13.2 Å². The van der Waals surface area contributed by atoms with Crippen LogP contribution in [0.15, 0.2) is 12.4 Å². The fourth-order valence-electron chi connectivity index (χ4n) is 2.79. The molecule has 0 bridgehead atoms. The van der Waals surface area contributed by atoms with Gasteiger partial charge in [-0.15, -0.1) is 10.2 Å². The van der Waals surface area contributed by atoms with Crippen molar-refractivity contribution in [1.82, 2.24) is 30.0 Å². The molecule has 0 saturated heterocycles. The molecule has 0 N–H and O–H groups in total. The topological polar surface area (TPSA) is 114 Å². The average Bonchev–Trinajstić information content (AvgIpc) is 3.35. The maximum atomic E-state index is 12.1. The first-order valence-electron chi connectivity index (χ1n) is 11.5. The molecule has 2 aromatic rings. The lowest BCUT2D eigenvalue weighted by atomic mass is 9.88. The number of rotatable bonds is 14. The molecular formula is C23H38N6O4. The summed E-state index contributed by atoms with van der Waals surface area (Å²) < 4.78 is 14.5. The lowest BCUT2D eigenvalue weighted by molar-refractivity contribution is -0.127. The van der Waals surface area contributed by atoms with E-state index >= 15 is 0 Å². The molecule has 0 aliphatic heterocycles. The number of ether oxygens (including phenoxy) is 2. The quantitative estimate of drug-likeness (QED) is 0.394. The second kappa shape index (κ2) is 12.1. The summed E-state index contributed by atoms with van der Waals surface area (Å²) in [6, 6.07) is 0. The van der Waals surface area contributed by atoms with Gasteiger partial charge in [-0.25, -0.2) is 4.68 Å². The Kier molecular flexibility index (Phi) is 9.85. The Morgan fingerprint density at radius 2 is 1.30 bits per heavy atom. The minimum atomic E-state index is -0.405. The van der Waals surface area contributed by atoms with Gasteiger partial charge in [-0.1, -0.05) is 52.0 Å². The number of aryl methyl sites for hydroxylation is 1. The first-order valence-corrected chi connectivity index (χ1v) is 11.5. The van der Waals surface area contributed by atoms with Gasteiger partial charge >= 0.3 is 0 Å². The summed E-state index contributed by atoms with van der Waals surface area (Å²) in [6.07, 6.45) is 5.92. The van der Waals surface area contributed by atoms with Crippen LogP contribution in [0, 0.1) is 10.8 Å². The monoisotopic (exact) mass is 462 g/mol. The highest BCUT2D eigenvalue weighted by Gasteiger charge is 2.22. The summed E-state index contributed by atoms with van der Waals surface area (Å²) in [7, 11) is 0. The summed E-state index contributed by atoms with van der Waals surface area (Å²) in [5, 5.41) is 16.2. The fourth-order valence-corrected chi connectivity index (χ4v) is 2.79. The third-order valence-electron chi connectivity index (χ3n) is 5.06. The molecular weight excluding hydrogens is 424 g/mol. The highest BCUT2D eigenvalue weighted by Crippen LogP contribution is 2.18. The summed E-state index contributed by atoms with van der Waals surface area (Å²) in [5.41, 5.74) is 0.751. The Bertz CT molecular complexity index is 891. The fraction of sp³-hybridized carbons (Fsp3) is 0.739. The summed E-state index contributed by atoms with van der Waals surface area (Å²) in [6.45, 7) is 13.9. The molecule has 10 nitrogen and oxygen atoms in total. The van der Waals surface area contributed by atoms with Crippen molar-refractivity contribution < 1.29 is 19.1 Å². The molecule has 2 rings (SSSR count). The second-order valence-corrected chi connectivity index (χ2v) is 10.3. The average molecular weight is 463 g/mol. The number of nitrogens with zero attached hydrogens (tertiary/aromatic N) is 6. The van der Waals surface area contributed by atoms with Gasteiger partial charge in [-0.2, -0.15) is 0 Å². The van der Waals surface area contributed by atoms with Crippen LogP contribution in [0.3, 0.4) is 0 Å². The molecule has 0 aliphatic carbocycles. The minimum Gasteiger partial charge on any atom is -0.373 e. The zero-order chi connectivity index (χ0) is 24.5. The van der Waals surface area contributed by atoms with Gasteiger partial charge in [0.15, 0.2) is 5.78 Å². The summed E-state index contributed by atoms with van der Waals surface area (Å²) in [4.78, 5) is 24.0. The molecule has 0 atom stereocenters. The lowest BCUT2D eigenvalue weighted by Crippen LogP contribution is -2.25. The van der Waals surface area contributed by atoms with E-state index < -0.39 is 5.41 Å². The Hall–Kier alpha value is -2.46. The number of unbranched alkanes of at least 4 members (excludes halogenated alkanes) is 1. The minimum absolute atomic E-state index is 0.0980. The molecule has 10 heteroatoms. The molecule has 0 spiro atoms. The predicted molar refractivity (Wildman–Crippen MR) is 122 cm³/mol. The van der Waals surface area contributed by atoms with E-state index in [1.165, 1.54) is 4.68 Å². The van der Waals surface area contributed by atoms with Crippen LogP contribution in [0.5, 0.6) is 0 Å². The van der Waals surface area contributed by atoms with E-state index in [1.807, 2.05) is 47.7 Å². The highest BCUT2D eigenvalue weighted by molar-refractivity contribution is 5.83.